The summed E-state index contributed by atoms with van der Waals surface area (Å²) >= 11 is 0. The normalized spacial score (nSPS) is 9.31. The predicted octanol–water partition coefficient (Wildman–Crippen LogP) is 2.04. The third kappa shape index (κ3) is 2.93. The summed E-state index contributed by atoms with van der Waals surface area (Å²) in [5, 5.41) is 0. The molecular formula is C10H18N2O. The Bertz CT molecular complexity index is 302. The van der Waals surface area contributed by atoms with Crippen LogP contribution in [-0.4, -0.2) is 4.57 Å². The second-order valence-electron chi connectivity index (χ2n) is 2.77. The number of nitrogens with two attached hydrogens (primary N) is 1. The van der Waals surface area contributed by atoms with E-state index >= 15 is 0 Å². The highest BCUT2D eigenvalue weighted by atomic mass is 16.1. The van der Waals surface area contributed by atoms with Gasteiger partial charge in [-0.2, -0.15) is 0 Å². The zero-order chi connectivity index (χ0) is 10.4. The van der Waals surface area contributed by atoms with Crippen LogP contribution in [0, 0.1) is 0 Å². The standard InChI is InChI=1S/C8H12N2O.C2H6/c1-6(2)10-5-3-4-7(9)8(10)11;1-2/h3-6H,9H2,1-2H3;1-2H3. The van der Waals surface area contributed by atoms with Gasteiger partial charge in [-0.05, 0) is 26.0 Å². The van der Waals surface area contributed by atoms with E-state index in [2.05, 4.69) is 0 Å². The van der Waals surface area contributed by atoms with Crippen LogP contribution in [0.5, 0.6) is 0 Å². The van der Waals surface area contributed by atoms with Crippen LogP contribution in [0.3, 0.4) is 0 Å². The largest absolute Gasteiger partial charge is 0.394 e. The molecule has 0 spiro atoms. The molecule has 0 saturated carbocycles. The predicted molar refractivity (Wildman–Crippen MR) is 56.8 cm³/mol. The molecule has 0 amide bonds. The fraction of sp³-hybridized carbons (Fsp3) is 0.500. The SMILES string of the molecule is CC.CC(C)n1cccc(N)c1=O. The third-order valence-corrected chi connectivity index (χ3v) is 1.56. The van der Waals surface area contributed by atoms with Gasteiger partial charge >= 0.3 is 0 Å². The number of hydrogen-bond donors (Lipinski definition) is 1. The Morgan fingerprint density at radius 2 is 1.92 bits per heavy atom. The topological polar surface area (TPSA) is 48.0 Å². The molecule has 3 nitrogen and oxygen atoms in total. The van der Waals surface area contributed by atoms with Crippen molar-refractivity contribution < 1.29 is 0 Å². The van der Waals surface area contributed by atoms with Crippen molar-refractivity contribution >= 4 is 5.69 Å². The van der Waals surface area contributed by atoms with Crippen LogP contribution in [0.2, 0.25) is 0 Å². The fourth-order valence-corrected chi connectivity index (χ4v) is 0.934. The number of aromatic nitrogens is 1. The monoisotopic (exact) mass is 182 g/mol. The van der Waals surface area contributed by atoms with Crippen molar-refractivity contribution in [2.45, 2.75) is 33.7 Å². The van der Waals surface area contributed by atoms with Crippen molar-refractivity contribution in [3.05, 3.63) is 28.7 Å². The second kappa shape index (κ2) is 5.41. The highest BCUT2D eigenvalue weighted by Crippen LogP contribution is 2.00. The Morgan fingerprint density at radius 1 is 1.38 bits per heavy atom. The van der Waals surface area contributed by atoms with Gasteiger partial charge in [0.15, 0.2) is 0 Å². The first-order valence-corrected chi connectivity index (χ1v) is 4.59. The van der Waals surface area contributed by atoms with Gasteiger partial charge in [-0.15, -0.1) is 0 Å². The molecule has 1 aromatic heterocycles. The Kier molecular flexibility index (Phi) is 4.89. The Balaban J connectivity index is 0.000000671. The Hall–Kier alpha value is -1.25. The van der Waals surface area contributed by atoms with Gasteiger partial charge in [0.05, 0.1) is 5.69 Å². The summed E-state index contributed by atoms with van der Waals surface area (Å²) in [6.07, 6.45) is 1.74. The molecule has 2 N–H and O–H groups in total. The van der Waals surface area contributed by atoms with Gasteiger partial charge in [0.2, 0.25) is 0 Å². The van der Waals surface area contributed by atoms with E-state index < -0.39 is 0 Å². The number of pyridine rings is 1. The summed E-state index contributed by atoms with van der Waals surface area (Å²) in [5.41, 5.74) is 5.62. The van der Waals surface area contributed by atoms with E-state index in [1.165, 1.54) is 0 Å². The molecule has 3 heteroatoms. The number of rotatable bonds is 1. The lowest BCUT2D eigenvalue weighted by Crippen LogP contribution is -2.23. The molecule has 0 fully saturated rings. The molecule has 1 heterocycles. The zero-order valence-corrected chi connectivity index (χ0v) is 8.74. The van der Waals surface area contributed by atoms with Crippen LogP contribution < -0.4 is 11.3 Å². The molecule has 0 aliphatic rings. The van der Waals surface area contributed by atoms with E-state index in [4.69, 9.17) is 5.73 Å². The van der Waals surface area contributed by atoms with Crippen LogP contribution in [0.1, 0.15) is 33.7 Å². The lowest BCUT2D eigenvalue weighted by atomic mass is 10.3. The molecule has 0 radical (unpaired) electrons. The van der Waals surface area contributed by atoms with Crippen molar-refractivity contribution in [3.63, 3.8) is 0 Å². The summed E-state index contributed by atoms with van der Waals surface area (Å²) < 4.78 is 1.61. The summed E-state index contributed by atoms with van der Waals surface area (Å²) in [5.74, 6) is 0. The van der Waals surface area contributed by atoms with E-state index in [0.29, 0.717) is 5.69 Å². The van der Waals surface area contributed by atoms with Crippen molar-refractivity contribution in [2.75, 3.05) is 5.73 Å². The van der Waals surface area contributed by atoms with Crippen LogP contribution in [0.4, 0.5) is 5.69 Å². The minimum atomic E-state index is -0.109. The lowest BCUT2D eigenvalue weighted by Gasteiger charge is -2.08. The van der Waals surface area contributed by atoms with Crippen molar-refractivity contribution in [1.82, 2.24) is 4.57 Å². The highest BCUT2D eigenvalue weighted by Gasteiger charge is 2.00. The van der Waals surface area contributed by atoms with E-state index in [1.807, 2.05) is 27.7 Å². The molecule has 1 aromatic rings. The lowest BCUT2D eigenvalue weighted by molar-refractivity contribution is 0.580. The average Bonchev–Trinajstić information content (AvgIpc) is 2.13. The number of nitrogen functional groups attached to an aromatic ring is 1. The summed E-state index contributed by atoms with van der Waals surface area (Å²) in [6.45, 7) is 7.89. The Morgan fingerprint density at radius 3 is 2.31 bits per heavy atom. The van der Waals surface area contributed by atoms with Gasteiger partial charge in [-0.25, -0.2) is 0 Å². The number of hydrogen-bond acceptors (Lipinski definition) is 2. The molecule has 0 bridgehead atoms. The van der Waals surface area contributed by atoms with Gasteiger partial charge in [-0.3, -0.25) is 4.79 Å². The molecule has 0 aromatic carbocycles. The first-order chi connectivity index (χ1) is 6.13. The Labute approximate surface area is 79.2 Å². The van der Waals surface area contributed by atoms with E-state index in [-0.39, 0.29) is 11.6 Å². The number of nitrogens with zero attached hydrogens (tertiary/aromatic N) is 1. The van der Waals surface area contributed by atoms with Crippen molar-refractivity contribution in [1.29, 1.82) is 0 Å². The first kappa shape index (κ1) is 11.8. The van der Waals surface area contributed by atoms with E-state index in [1.54, 1.807) is 22.9 Å². The van der Waals surface area contributed by atoms with Crippen LogP contribution in [0.25, 0.3) is 0 Å². The summed E-state index contributed by atoms with van der Waals surface area (Å²) in [4.78, 5) is 11.2. The molecular weight excluding hydrogens is 164 g/mol. The highest BCUT2D eigenvalue weighted by molar-refractivity contribution is 5.33. The van der Waals surface area contributed by atoms with Crippen molar-refractivity contribution in [2.24, 2.45) is 0 Å². The maximum atomic E-state index is 11.2. The van der Waals surface area contributed by atoms with Gasteiger partial charge in [0, 0.05) is 12.2 Å². The maximum Gasteiger partial charge on any atom is 0.273 e. The van der Waals surface area contributed by atoms with Gasteiger partial charge in [-0.1, -0.05) is 13.8 Å². The summed E-state index contributed by atoms with van der Waals surface area (Å²) in [7, 11) is 0. The zero-order valence-electron chi connectivity index (χ0n) is 8.74. The van der Waals surface area contributed by atoms with Gasteiger partial charge < -0.3 is 10.3 Å². The van der Waals surface area contributed by atoms with E-state index in [0.717, 1.165) is 0 Å². The quantitative estimate of drug-likeness (QED) is 0.722. The van der Waals surface area contributed by atoms with Gasteiger partial charge in [0.25, 0.3) is 5.56 Å². The average molecular weight is 182 g/mol. The maximum absolute atomic E-state index is 11.2. The van der Waals surface area contributed by atoms with Crippen molar-refractivity contribution in [3.8, 4) is 0 Å². The van der Waals surface area contributed by atoms with Gasteiger partial charge in [0.1, 0.15) is 0 Å². The molecule has 0 unspecified atom stereocenters. The summed E-state index contributed by atoms with van der Waals surface area (Å²) in [6, 6.07) is 3.56. The van der Waals surface area contributed by atoms with Crippen LogP contribution >= 0.6 is 0 Å². The minimum absolute atomic E-state index is 0.109. The molecule has 74 valence electrons. The number of anilines is 1. The van der Waals surface area contributed by atoms with E-state index in [9.17, 15) is 4.79 Å². The molecule has 13 heavy (non-hydrogen) atoms. The molecule has 1 rings (SSSR count). The second-order valence-corrected chi connectivity index (χ2v) is 2.77. The smallest absolute Gasteiger partial charge is 0.273 e. The molecule has 0 atom stereocenters. The minimum Gasteiger partial charge on any atom is -0.394 e. The molecule has 0 aliphatic heterocycles. The first-order valence-electron chi connectivity index (χ1n) is 4.59. The van der Waals surface area contributed by atoms with Crippen LogP contribution in [0.15, 0.2) is 23.1 Å². The van der Waals surface area contributed by atoms with Crippen LogP contribution in [-0.2, 0) is 0 Å². The third-order valence-electron chi connectivity index (χ3n) is 1.56. The molecule has 0 aliphatic carbocycles. The fourth-order valence-electron chi connectivity index (χ4n) is 0.934. The molecule has 0 saturated heterocycles.